The zero-order valence-corrected chi connectivity index (χ0v) is 9.63. The van der Waals surface area contributed by atoms with Crippen LogP contribution in [0.2, 0.25) is 12.6 Å². The van der Waals surface area contributed by atoms with E-state index in [2.05, 4.69) is 0 Å². The van der Waals surface area contributed by atoms with E-state index in [1.54, 1.807) is 0 Å². The molecule has 0 spiro atoms. The molecule has 3 heterocycles. The summed E-state index contributed by atoms with van der Waals surface area (Å²) < 4.78 is 28.4. The van der Waals surface area contributed by atoms with E-state index in [0.717, 1.165) is 12.6 Å². The van der Waals surface area contributed by atoms with Crippen LogP contribution in [-0.4, -0.2) is 45.4 Å². The predicted octanol–water partition coefficient (Wildman–Crippen LogP) is 0.558. The summed E-state index contributed by atoms with van der Waals surface area (Å²) in [6, 6.07) is 0. The van der Waals surface area contributed by atoms with Gasteiger partial charge in [-0.2, -0.15) is 0 Å². The van der Waals surface area contributed by atoms with Crippen molar-refractivity contribution in [3.8, 4) is 0 Å². The maximum Gasteiger partial charge on any atom is 0.458 e. The Hall–Kier alpha value is -0.0701. The van der Waals surface area contributed by atoms with Gasteiger partial charge in [-0.3, -0.25) is 0 Å². The molecule has 0 aliphatic carbocycles. The lowest BCUT2D eigenvalue weighted by Crippen LogP contribution is -2.48. The molecule has 0 amide bonds. The monoisotopic (exact) mass is 226 g/mol. The average molecular weight is 226 g/mol. The molecule has 0 saturated carbocycles. The van der Waals surface area contributed by atoms with Gasteiger partial charge in [-0.25, -0.2) is 0 Å². The predicted molar refractivity (Wildman–Crippen MR) is 57.9 cm³/mol. The molecule has 3 aliphatic rings. The number of hydrogen-bond donors (Lipinski definition) is 0. The summed E-state index contributed by atoms with van der Waals surface area (Å²) in [4.78, 5) is 0. The van der Waals surface area contributed by atoms with Gasteiger partial charge in [0.1, 0.15) is 18.3 Å². The number of hydrogen-bond acceptors (Lipinski definition) is 5. The van der Waals surface area contributed by atoms with Crippen LogP contribution in [0.4, 0.5) is 0 Å². The summed E-state index contributed by atoms with van der Waals surface area (Å²) in [5, 5.41) is 0. The third-order valence-electron chi connectivity index (χ3n) is 3.28. The molecule has 7 heteroatoms. The van der Waals surface area contributed by atoms with Crippen molar-refractivity contribution in [2.75, 3.05) is 6.61 Å². The quantitative estimate of drug-likeness (QED) is 0.643. The van der Waals surface area contributed by atoms with Crippen LogP contribution >= 0.6 is 0 Å². The van der Waals surface area contributed by atoms with Crippen molar-refractivity contribution in [1.82, 2.24) is 0 Å². The molecule has 0 aromatic heterocycles. The Morgan fingerprint density at radius 1 is 1.00 bits per heavy atom. The minimum absolute atomic E-state index is 0.0414. The number of ether oxygens (including phenoxy) is 1. The Bertz CT molecular complexity index is 266. The minimum atomic E-state index is -0.279. The van der Waals surface area contributed by atoms with Crippen LogP contribution in [0.15, 0.2) is 0 Å². The molecule has 0 unspecified atom stereocenters. The van der Waals surface area contributed by atoms with E-state index in [4.69, 9.17) is 23.4 Å². The third kappa shape index (κ3) is 1.71. The van der Waals surface area contributed by atoms with Crippen molar-refractivity contribution in [2.45, 2.75) is 51.1 Å². The molecule has 4 atom stereocenters. The van der Waals surface area contributed by atoms with Crippen LogP contribution in [0.1, 0.15) is 13.8 Å². The van der Waals surface area contributed by atoms with Crippen molar-refractivity contribution >= 4 is 14.2 Å². The van der Waals surface area contributed by atoms with Crippen LogP contribution in [0, 0.1) is 0 Å². The summed E-state index contributed by atoms with van der Waals surface area (Å²) in [6.07, 6.45) is 1.23. The van der Waals surface area contributed by atoms with E-state index in [0.29, 0.717) is 6.61 Å². The zero-order valence-electron chi connectivity index (χ0n) is 9.63. The fourth-order valence-electron chi connectivity index (χ4n) is 2.42. The molecule has 0 bridgehead atoms. The SMILES string of the molecule is CCB1OC[C@H]2O[C@@H]3OB(CC)O[C@@H]3[C@H]2O1. The first-order valence-electron chi connectivity index (χ1n) is 6.05. The molecular weight excluding hydrogens is 210 g/mol. The Morgan fingerprint density at radius 3 is 2.50 bits per heavy atom. The van der Waals surface area contributed by atoms with Gasteiger partial charge in [0.05, 0.1) is 6.61 Å². The zero-order chi connectivity index (χ0) is 11.1. The lowest BCUT2D eigenvalue weighted by molar-refractivity contribution is -0.101. The lowest BCUT2D eigenvalue weighted by atomic mass is 9.83. The van der Waals surface area contributed by atoms with Crippen LogP contribution in [0.5, 0.6) is 0 Å². The summed E-state index contributed by atoms with van der Waals surface area (Å²) in [6.45, 7) is 4.64. The van der Waals surface area contributed by atoms with Crippen LogP contribution < -0.4 is 0 Å². The molecular formula is C9H16B2O5. The van der Waals surface area contributed by atoms with Crippen LogP contribution in [-0.2, 0) is 23.4 Å². The fraction of sp³-hybridized carbons (Fsp3) is 1.00. The van der Waals surface area contributed by atoms with Crippen molar-refractivity contribution < 1.29 is 23.4 Å². The standard InChI is InChI=1S/C9H16B2O5/c1-3-10-12-5-6-7(14-10)8-9(13-6)16-11(4-2)15-8/h6-9H,3-5H2,1-2H3/t6-,7+,8-,9-/m1/s1. The second-order valence-electron chi connectivity index (χ2n) is 4.39. The molecule has 0 N–H and O–H groups in total. The second kappa shape index (κ2) is 4.31. The third-order valence-corrected chi connectivity index (χ3v) is 3.28. The summed E-state index contributed by atoms with van der Waals surface area (Å²) in [7, 11) is -0.282. The molecule has 3 saturated heterocycles. The highest BCUT2D eigenvalue weighted by Gasteiger charge is 2.55. The van der Waals surface area contributed by atoms with E-state index >= 15 is 0 Å². The molecule has 5 nitrogen and oxygen atoms in total. The molecule has 0 aromatic carbocycles. The maximum absolute atomic E-state index is 5.81. The van der Waals surface area contributed by atoms with E-state index < -0.39 is 0 Å². The normalized spacial score (nSPS) is 42.4. The van der Waals surface area contributed by atoms with Crippen molar-refractivity contribution in [2.24, 2.45) is 0 Å². The van der Waals surface area contributed by atoms with E-state index in [1.165, 1.54) is 0 Å². The number of rotatable bonds is 2. The first-order valence-corrected chi connectivity index (χ1v) is 6.05. The van der Waals surface area contributed by atoms with Gasteiger partial charge in [-0.05, 0) is 12.6 Å². The van der Waals surface area contributed by atoms with Gasteiger partial charge >= 0.3 is 14.2 Å². The van der Waals surface area contributed by atoms with Crippen molar-refractivity contribution in [1.29, 1.82) is 0 Å². The molecule has 3 fully saturated rings. The van der Waals surface area contributed by atoms with E-state index in [-0.39, 0.29) is 38.8 Å². The lowest BCUT2D eigenvalue weighted by Gasteiger charge is -2.31. The van der Waals surface area contributed by atoms with Crippen molar-refractivity contribution in [3.05, 3.63) is 0 Å². The summed E-state index contributed by atoms with van der Waals surface area (Å²) in [5.41, 5.74) is 0. The molecule has 3 rings (SSSR count). The highest BCUT2D eigenvalue weighted by Crippen LogP contribution is 2.36. The largest absolute Gasteiger partial charge is 0.458 e. The van der Waals surface area contributed by atoms with Gasteiger partial charge in [-0.1, -0.05) is 13.8 Å². The molecule has 0 radical (unpaired) electrons. The first-order chi connectivity index (χ1) is 7.81. The Kier molecular flexibility index (Phi) is 2.97. The molecule has 0 aromatic rings. The fourth-order valence-corrected chi connectivity index (χ4v) is 2.42. The maximum atomic E-state index is 5.81. The average Bonchev–Trinajstić information content (AvgIpc) is 2.85. The summed E-state index contributed by atoms with van der Waals surface area (Å²) in [5.74, 6) is 0. The second-order valence-corrected chi connectivity index (χ2v) is 4.39. The van der Waals surface area contributed by atoms with Gasteiger partial charge in [0, 0.05) is 0 Å². The molecule has 88 valence electrons. The Labute approximate surface area is 96.0 Å². The molecule has 16 heavy (non-hydrogen) atoms. The van der Waals surface area contributed by atoms with Gasteiger partial charge in [0.2, 0.25) is 0 Å². The minimum Gasteiger partial charge on any atom is -0.408 e. The first kappa shape index (κ1) is 11.0. The topological polar surface area (TPSA) is 46.2 Å². The van der Waals surface area contributed by atoms with Crippen LogP contribution in [0.3, 0.4) is 0 Å². The van der Waals surface area contributed by atoms with Crippen molar-refractivity contribution in [3.63, 3.8) is 0 Å². The number of fused-ring (bicyclic) bond motifs is 3. The van der Waals surface area contributed by atoms with E-state index in [9.17, 15) is 0 Å². The smallest absolute Gasteiger partial charge is 0.408 e. The summed E-state index contributed by atoms with van der Waals surface area (Å²) >= 11 is 0. The van der Waals surface area contributed by atoms with Gasteiger partial charge in [0.25, 0.3) is 0 Å². The van der Waals surface area contributed by atoms with E-state index in [1.807, 2.05) is 13.8 Å². The highest BCUT2D eigenvalue weighted by atomic mass is 16.8. The Balaban J connectivity index is 1.68. The van der Waals surface area contributed by atoms with Gasteiger partial charge in [0.15, 0.2) is 6.29 Å². The highest BCUT2D eigenvalue weighted by molar-refractivity contribution is 6.45. The van der Waals surface area contributed by atoms with Gasteiger partial charge in [-0.15, -0.1) is 0 Å². The van der Waals surface area contributed by atoms with Gasteiger partial charge < -0.3 is 23.4 Å². The Morgan fingerprint density at radius 2 is 1.75 bits per heavy atom. The molecule has 3 aliphatic heterocycles. The van der Waals surface area contributed by atoms with Crippen LogP contribution in [0.25, 0.3) is 0 Å².